The first-order valence-electron chi connectivity index (χ1n) is 8.31. The lowest BCUT2D eigenvalue weighted by atomic mass is 10.2. The molecule has 158 valence electrons. The summed E-state index contributed by atoms with van der Waals surface area (Å²) in [7, 11) is 1.44. The van der Waals surface area contributed by atoms with Gasteiger partial charge in [-0.3, -0.25) is 9.59 Å². The van der Waals surface area contributed by atoms with Crippen LogP contribution in [0.4, 0.5) is 18.9 Å². The molecule has 3 rings (SSSR count). The number of thiophene rings is 1. The van der Waals surface area contributed by atoms with Gasteiger partial charge in [0, 0.05) is 11.1 Å². The number of fused-ring (bicyclic) bond motifs is 1. The maximum atomic E-state index is 12.8. The van der Waals surface area contributed by atoms with Crippen molar-refractivity contribution in [3.63, 3.8) is 0 Å². The number of nitrogens with one attached hydrogen (secondary N) is 2. The second-order valence-corrected chi connectivity index (χ2v) is 7.82. The van der Waals surface area contributed by atoms with Crippen molar-refractivity contribution in [3.8, 4) is 5.75 Å². The van der Waals surface area contributed by atoms with Gasteiger partial charge < -0.3 is 15.4 Å². The number of carbonyl (C=O) groups excluding carboxylic acids is 2. The first kappa shape index (κ1) is 22.2. The Morgan fingerprint density at radius 1 is 1.17 bits per heavy atom. The van der Waals surface area contributed by atoms with Gasteiger partial charge in [-0.15, -0.1) is 11.3 Å². The molecule has 0 aliphatic heterocycles. The van der Waals surface area contributed by atoms with Crippen molar-refractivity contribution >= 4 is 62.1 Å². The number of hydrogen-bond acceptors (Lipinski definition) is 4. The van der Waals surface area contributed by atoms with Crippen LogP contribution in [0, 0.1) is 0 Å². The number of rotatable bonds is 5. The predicted molar refractivity (Wildman–Crippen MR) is 111 cm³/mol. The van der Waals surface area contributed by atoms with E-state index in [0.29, 0.717) is 20.9 Å². The topological polar surface area (TPSA) is 67.4 Å². The molecule has 0 atom stereocenters. The Labute approximate surface area is 182 Å². The fourth-order valence-corrected chi connectivity index (χ4v) is 4.48. The Balaban J connectivity index is 1.70. The molecule has 0 fully saturated rings. The fourth-order valence-electron chi connectivity index (χ4n) is 2.64. The van der Waals surface area contributed by atoms with Gasteiger partial charge in [-0.1, -0.05) is 35.3 Å². The van der Waals surface area contributed by atoms with E-state index >= 15 is 0 Å². The molecule has 3 aromatic rings. The van der Waals surface area contributed by atoms with Crippen molar-refractivity contribution in [3.05, 3.63) is 56.9 Å². The van der Waals surface area contributed by atoms with Crippen LogP contribution < -0.4 is 15.4 Å². The minimum absolute atomic E-state index is 0.0386. The summed E-state index contributed by atoms with van der Waals surface area (Å²) in [6.45, 7) is -0.461. The number of halogens is 5. The number of carbonyl (C=O) groups is 2. The Kier molecular flexibility index (Phi) is 6.44. The van der Waals surface area contributed by atoms with E-state index in [1.54, 1.807) is 12.1 Å². The third-order valence-electron chi connectivity index (χ3n) is 4.00. The molecule has 2 aromatic carbocycles. The monoisotopic (exact) mass is 476 g/mol. The average molecular weight is 477 g/mol. The largest absolute Gasteiger partial charge is 0.494 e. The van der Waals surface area contributed by atoms with E-state index in [0.717, 1.165) is 23.5 Å². The summed E-state index contributed by atoms with van der Waals surface area (Å²) in [6, 6.07) is 7.42. The SMILES string of the molecule is COc1c(Cl)ccc2c(Cl)c(C(=O)NCC(=O)Nc3cccc(C(F)(F)F)c3)sc12. The number of alkyl halides is 3. The van der Waals surface area contributed by atoms with Crippen LogP contribution in [0.25, 0.3) is 10.1 Å². The van der Waals surface area contributed by atoms with Crippen molar-refractivity contribution in [1.29, 1.82) is 0 Å². The molecule has 2 N–H and O–H groups in total. The summed E-state index contributed by atoms with van der Waals surface area (Å²) in [4.78, 5) is 24.7. The van der Waals surface area contributed by atoms with E-state index in [9.17, 15) is 22.8 Å². The van der Waals surface area contributed by atoms with Crippen LogP contribution in [0.2, 0.25) is 10.0 Å². The van der Waals surface area contributed by atoms with Crippen LogP contribution in [0.3, 0.4) is 0 Å². The maximum Gasteiger partial charge on any atom is 0.416 e. The van der Waals surface area contributed by atoms with Gasteiger partial charge in [0.05, 0.1) is 34.0 Å². The van der Waals surface area contributed by atoms with E-state index < -0.39 is 30.1 Å². The van der Waals surface area contributed by atoms with Crippen LogP contribution in [-0.2, 0) is 11.0 Å². The Morgan fingerprint density at radius 2 is 1.90 bits per heavy atom. The number of amides is 2. The Morgan fingerprint density at radius 3 is 2.57 bits per heavy atom. The lowest BCUT2D eigenvalue weighted by Crippen LogP contribution is -2.32. The van der Waals surface area contributed by atoms with Gasteiger partial charge in [-0.2, -0.15) is 13.2 Å². The van der Waals surface area contributed by atoms with Gasteiger partial charge in [-0.05, 0) is 24.3 Å². The highest BCUT2D eigenvalue weighted by Gasteiger charge is 2.30. The zero-order chi connectivity index (χ0) is 22.1. The van der Waals surface area contributed by atoms with Crippen molar-refractivity contribution < 1.29 is 27.5 Å². The van der Waals surface area contributed by atoms with Gasteiger partial charge in [0.25, 0.3) is 5.91 Å². The predicted octanol–water partition coefficient (Wildman–Crippen LogP) is 5.60. The number of benzene rings is 2. The van der Waals surface area contributed by atoms with E-state index in [2.05, 4.69) is 10.6 Å². The molecule has 0 saturated heterocycles. The summed E-state index contributed by atoms with van der Waals surface area (Å²) >= 11 is 13.4. The molecule has 11 heteroatoms. The normalized spacial score (nSPS) is 11.4. The smallest absolute Gasteiger partial charge is 0.416 e. The lowest BCUT2D eigenvalue weighted by molar-refractivity contribution is -0.137. The second kappa shape index (κ2) is 8.71. The number of hydrogen-bond donors (Lipinski definition) is 2. The number of anilines is 1. The van der Waals surface area contributed by atoms with Gasteiger partial charge in [0.15, 0.2) is 5.75 Å². The molecule has 0 bridgehead atoms. The van der Waals surface area contributed by atoms with Crippen LogP contribution in [0.15, 0.2) is 36.4 Å². The third kappa shape index (κ3) is 4.63. The van der Waals surface area contributed by atoms with E-state index in [1.807, 2.05) is 0 Å². The second-order valence-electron chi connectivity index (χ2n) is 6.01. The molecule has 2 amide bonds. The average Bonchev–Trinajstić information content (AvgIpc) is 3.02. The molecule has 0 aliphatic rings. The maximum absolute atomic E-state index is 12.8. The summed E-state index contributed by atoms with van der Waals surface area (Å²) < 4.78 is 44.1. The molecule has 1 heterocycles. The van der Waals surface area contributed by atoms with Gasteiger partial charge in [0.1, 0.15) is 4.88 Å². The molecule has 0 spiro atoms. The molecule has 0 aliphatic carbocycles. The molecule has 0 radical (unpaired) electrons. The van der Waals surface area contributed by atoms with Crippen molar-refractivity contribution in [2.75, 3.05) is 19.0 Å². The molecule has 1 aromatic heterocycles. The quantitative estimate of drug-likeness (QED) is 0.503. The minimum Gasteiger partial charge on any atom is -0.494 e. The van der Waals surface area contributed by atoms with E-state index in [-0.39, 0.29) is 15.6 Å². The standard InChI is InChI=1S/C19H13Cl2F3N2O3S/c1-29-15-12(20)6-5-11-14(21)17(30-16(11)15)18(28)25-8-13(27)26-10-4-2-3-9(7-10)19(22,23)24/h2-7H,8H2,1H3,(H,25,28)(H,26,27). The van der Waals surface area contributed by atoms with E-state index in [4.69, 9.17) is 27.9 Å². The van der Waals surface area contributed by atoms with Crippen LogP contribution >= 0.6 is 34.5 Å². The summed E-state index contributed by atoms with van der Waals surface area (Å²) in [5.41, 5.74) is -0.933. The van der Waals surface area contributed by atoms with Gasteiger partial charge in [-0.25, -0.2) is 0 Å². The Hall–Kier alpha value is -2.49. The van der Waals surface area contributed by atoms with Crippen LogP contribution in [0.5, 0.6) is 5.75 Å². The van der Waals surface area contributed by atoms with Crippen molar-refractivity contribution in [1.82, 2.24) is 5.32 Å². The van der Waals surface area contributed by atoms with Crippen molar-refractivity contribution in [2.45, 2.75) is 6.18 Å². The number of methoxy groups -OCH3 is 1. The van der Waals surface area contributed by atoms with Gasteiger partial charge >= 0.3 is 6.18 Å². The molecular formula is C19H13Cl2F3N2O3S. The zero-order valence-corrected chi connectivity index (χ0v) is 17.5. The zero-order valence-electron chi connectivity index (χ0n) is 15.2. The van der Waals surface area contributed by atoms with Crippen LogP contribution in [0.1, 0.15) is 15.2 Å². The van der Waals surface area contributed by atoms with Gasteiger partial charge in [0.2, 0.25) is 5.91 Å². The highest BCUT2D eigenvalue weighted by atomic mass is 35.5. The highest BCUT2D eigenvalue weighted by molar-refractivity contribution is 7.22. The number of ether oxygens (including phenoxy) is 1. The fraction of sp³-hybridized carbons (Fsp3) is 0.158. The first-order valence-corrected chi connectivity index (χ1v) is 9.89. The summed E-state index contributed by atoms with van der Waals surface area (Å²) in [5, 5.41) is 5.81. The molecular weight excluding hydrogens is 464 g/mol. The third-order valence-corrected chi connectivity index (χ3v) is 6.00. The highest BCUT2D eigenvalue weighted by Crippen LogP contribution is 2.43. The minimum atomic E-state index is -4.53. The van der Waals surface area contributed by atoms with E-state index in [1.165, 1.54) is 19.2 Å². The molecule has 0 saturated carbocycles. The summed E-state index contributed by atoms with van der Waals surface area (Å²) in [5.74, 6) is -0.929. The lowest BCUT2D eigenvalue weighted by Gasteiger charge is -2.10. The molecule has 5 nitrogen and oxygen atoms in total. The first-order chi connectivity index (χ1) is 14.1. The molecule has 30 heavy (non-hydrogen) atoms. The molecule has 0 unspecified atom stereocenters. The summed E-state index contributed by atoms with van der Waals surface area (Å²) in [6.07, 6.45) is -4.53. The van der Waals surface area contributed by atoms with Crippen LogP contribution in [-0.4, -0.2) is 25.5 Å². The van der Waals surface area contributed by atoms with Crippen molar-refractivity contribution in [2.24, 2.45) is 0 Å². The Bertz CT molecular complexity index is 1130.